The molecule has 1 aliphatic heterocycles. The minimum Gasteiger partial charge on any atom is -0.508 e. The Balaban J connectivity index is 1.98. The largest absolute Gasteiger partial charge is 0.508 e. The van der Waals surface area contributed by atoms with Crippen LogP contribution in [-0.4, -0.2) is 34.1 Å². The topological polar surface area (TPSA) is 109 Å². The molecule has 2 aromatic carbocycles. The lowest BCUT2D eigenvalue weighted by atomic mass is 9.96. The second-order valence-electron chi connectivity index (χ2n) is 7.40. The zero-order valence-corrected chi connectivity index (χ0v) is 15.6. The van der Waals surface area contributed by atoms with Crippen molar-refractivity contribution in [2.75, 3.05) is 7.11 Å². The van der Waals surface area contributed by atoms with E-state index in [0.717, 1.165) is 6.07 Å². The molecule has 4 rings (SSSR count). The number of benzene rings is 2. The van der Waals surface area contributed by atoms with Crippen LogP contribution in [0.25, 0.3) is 22.1 Å². The molecule has 0 amide bonds. The minimum absolute atomic E-state index is 0.117. The molecule has 3 N–H and O–H groups in total. The van der Waals surface area contributed by atoms with Crippen molar-refractivity contribution in [2.24, 2.45) is 0 Å². The highest BCUT2D eigenvalue weighted by Gasteiger charge is 2.38. The molecular formula is C21H20O7. The van der Waals surface area contributed by atoms with Gasteiger partial charge in [-0.15, -0.1) is 0 Å². The van der Waals surface area contributed by atoms with Crippen molar-refractivity contribution in [1.29, 1.82) is 0 Å². The predicted octanol–water partition coefficient (Wildman–Crippen LogP) is 2.95. The maximum Gasteiger partial charge on any atom is 0.204 e. The lowest BCUT2D eigenvalue weighted by molar-refractivity contribution is -0.0225. The first-order chi connectivity index (χ1) is 13.2. The van der Waals surface area contributed by atoms with Gasteiger partial charge in [-0.1, -0.05) is 0 Å². The number of hydrogen-bond acceptors (Lipinski definition) is 7. The van der Waals surface area contributed by atoms with E-state index in [1.165, 1.54) is 25.5 Å². The molecule has 1 aromatic heterocycles. The Morgan fingerprint density at radius 3 is 2.57 bits per heavy atom. The van der Waals surface area contributed by atoms with Gasteiger partial charge in [0.25, 0.3) is 0 Å². The number of rotatable bonds is 3. The van der Waals surface area contributed by atoms with E-state index in [1.54, 1.807) is 19.9 Å². The molecule has 1 unspecified atom stereocenters. The summed E-state index contributed by atoms with van der Waals surface area (Å²) >= 11 is 0. The van der Waals surface area contributed by atoms with Crippen molar-refractivity contribution in [2.45, 2.75) is 32.0 Å². The number of ether oxygens (including phenoxy) is 2. The molecule has 0 saturated carbocycles. The van der Waals surface area contributed by atoms with Gasteiger partial charge in [0.1, 0.15) is 46.3 Å². The van der Waals surface area contributed by atoms with E-state index in [1.807, 2.05) is 0 Å². The summed E-state index contributed by atoms with van der Waals surface area (Å²) in [6.07, 6.45) is 1.09. The fourth-order valence-corrected chi connectivity index (χ4v) is 3.47. The van der Waals surface area contributed by atoms with Gasteiger partial charge in [0.2, 0.25) is 5.43 Å². The van der Waals surface area contributed by atoms with E-state index >= 15 is 0 Å². The first-order valence-corrected chi connectivity index (χ1v) is 8.77. The number of aromatic hydroxyl groups is 2. The summed E-state index contributed by atoms with van der Waals surface area (Å²) < 4.78 is 17.0. The fourth-order valence-electron chi connectivity index (χ4n) is 3.47. The number of fused-ring (bicyclic) bond motifs is 3. The molecular weight excluding hydrogens is 364 g/mol. The monoisotopic (exact) mass is 384 g/mol. The Bertz CT molecular complexity index is 1140. The van der Waals surface area contributed by atoms with Crippen LogP contribution in [0.15, 0.2) is 39.7 Å². The standard InChI is InChI=1S/C21H20O7/c1-21(2,25)17-7-12-15(26-3)8-16-18(20(12)28-17)19(24)13(9-27-16)11-5-4-10(22)6-14(11)23/h4-6,8-9,17,22-23,25H,7H2,1-3H3. The minimum atomic E-state index is -1.12. The molecule has 0 saturated heterocycles. The van der Waals surface area contributed by atoms with Crippen LogP contribution in [0.3, 0.4) is 0 Å². The quantitative estimate of drug-likeness (QED) is 0.637. The summed E-state index contributed by atoms with van der Waals surface area (Å²) in [7, 11) is 1.51. The lowest BCUT2D eigenvalue weighted by Gasteiger charge is -2.24. The first-order valence-electron chi connectivity index (χ1n) is 8.77. The van der Waals surface area contributed by atoms with E-state index < -0.39 is 17.1 Å². The Morgan fingerprint density at radius 2 is 1.93 bits per heavy atom. The van der Waals surface area contributed by atoms with Crippen molar-refractivity contribution < 1.29 is 29.2 Å². The van der Waals surface area contributed by atoms with Gasteiger partial charge < -0.3 is 29.2 Å². The molecule has 1 atom stereocenters. The SMILES string of the molecule is COc1cc2occ(-c3ccc(O)cc3O)c(=O)c2c2c1CC(C(C)(C)O)O2. The molecule has 7 nitrogen and oxygen atoms in total. The maximum absolute atomic E-state index is 13.3. The van der Waals surface area contributed by atoms with Crippen molar-refractivity contribution in [3.63, 3.8) is 0 Å². The summed E-state index contributed by atoms with van der Waals surface area (Å²) in [5.74, 6) is 0.466. The molecule has 1 aliphatic rings. The summed E-state index contributed by atoms with van der Waals surface area (Å²) in [6, 6.07) is 5.58. The number of methoxy groups -OCH3 is 1. The smallest absolute Gasteiger partial charge is 0.204 e. The molecule has 3 aromatic rings. The van der Waals surface area contributed by atoms with E-state index in [9.17, 15) is 20.1 Å². The van der Waals surface area contributed by atoms with Gasteiger partial charge >= 0.3 is 0 Å². The molecule has 0 spiro atoms. The van der Waals surface area contributed by atoms with Crippen LogP contribution >= 0.6 is 0 Å². The highest BCUT2D eigenvalue weighted by molar-refractivity contribution is 5.91. The second-order valence-corrected chi connectivity index (χ2v) is 7.40. The second kappa shape index (κ2) is 6.17. The van der Waals surface area contributed by atoms with Gasteiger partial charge in [-0.2, -0.15) is 0 Å². The normalized spacial score (nSPS) is 16.1. The van der Waals surface area contributed by atoms with Gasteiger partial charge in [-0.05, 0) is 26.0 Å². The van der Waals surface area contributed by atoms with E-state index in [4.69, 9.17) is 13.9 Å². The van der Waals surface area contributed by atoms with E-state index in [-0.39, 0.29) is 33.6 Å². The first kappa shape index (κ1) is 18.2. The number of aliphatic hydroxyl groups is 1. The zero-order valence-electron chi connectivity index (χ0n) is 15.6. The fraction of sp³-hybridized carbons (Fsp3) is 0.286. The predicted molar refractivity (Wildman–Crippen MR) is 102 cm³/mol. The third-order valence-electron chi connectivity index (χ3n) is 5.01. The van der Waals surface area contributed by atoms with Crippen LogP contribution in [0.4, 0.5) is 0 Å². The van der Waals surface area contributed by atoms with Gasteiger partial charge in [-0.25, -0.2) is 0 Å². The molecule has 28 heavy (non-hydrogen) atoms. The van der Waals surface area contributed by atoms with Gasteiger partial charge in [0, 0.05) is 29.7 Å². The third-order valence-corrected chi connectivity index (χ3v) is 5.01. The molecule has 0 bridgehead atoms. The zero-order chi connectivity index (χ0) is 20.2. The highest BCUT2D eigenvalue weighted by Crippen LogP contribution is 2.44. The molecule has 0 fully saturated rings. The highest BCUT2D eigenvalue weighted by atomic mass is 16.5. The maximum atomic E-state index is 13.3. The summed E-state index contributed by atoms with van der Waals surface area (Å²) in [5, 5.41) is 30.2. The Kier molecular flexibility index (Phi) is 4.01. The Morgan fingerprint density at radius 1 is 1.18 bits per heavy atom. The van der Waals surface area contributed by atoms with Gasteiger partial charge in [-0.3, -0.25) is 4.79 Å². The molecule has 146 valence electrons. The van der Waals surface area contributed by atoms with Crippen LogP contribution in [0.1, 0.15) is 19.4 Å². The van der Waals surface area contributed by atoms with Crippen LogP contribution in [0.2, 0.25) is 0 Å². The Hall–Kier alpha value is -3.19. The summed E-state index contributed by atoms with van der Waals surface area (Å²) in [6.45, 7) is 3.28. The van der Waals surface area contributed by atoms with Crippen molar-refractivity contribution in [3.05, 3.63) is 46.3 Å². The lowest BCUT2D eigenvalue weighted by Crippen LogP contribution is -2.39. The number of hydrogen-bond donors (Lipinski definition) is 3. The van der Waals surface area contributed by atoms with Gasteiger partial charge in [0.05, 0.1) is 18.3 Å². The van der Waals surface area contributed by atoms with E-state index in [0.29, 0.717) is 23.5 Å². The van der Waals surface area contributed by atoms with E-state index in [2.05, 4.69) is 0 Å². The van der Waals surface area contributed by atoms with Crippen molar-refractivity contribution >= 4 is 11.0 Å². The Labute approximate surface area is 160 Å². The van der Waals surface area contributed by atoms with Crippen LogP contribution in [0, 0.1) is 0 Å². The number of phenolic OH excluding ortho intramolecular Hbond substituents is 2. The molecule has 0 aliphatic carbocycles. The van der Waals surface area contributed by atoms with Crippen molar-refractivity contribution in [1.82, 2.24) is 0 Å². The molecule has 7 heteroatoms. The summed E-state index contributed by atoms with van der Waals surface area (Å²) in [4.78, 5) is 13.3. The average molecular weight is 384 g/mol. The van der Waals surface area contributed by atoms with Crippen LogP contribution in [-0.2, 0) is 6.42 Å². The molecule has 0 radical (unpaired) electrons. The number of phenols is 2. The van der Waals surface area contributed by atoms with Crippen molar-refractivity contribution in [3.8, 4) is 34.1 Å². The average Bonchev–Trinajstić information content (AvgIpc) is 3.07. The van der Waals surface area contributed by atoms with Gasteiger partial charge in [0.15, 0.2) is 0 Å². The van der Waals surface area contributed by atoms with Crippen LogP contribution in [0.5, 0.6) is 23.0 Å². The summed E-state index contributed by atoms with van der Waals surface area (Å²) in [5.41, 5.74) is -0.190. The third kappa shape index (κ3) is 2.75. The molecule has 2 heterocycles. The van der Waals surface area contributed by atoms with Crippen LogP contribution < -0.4 is 14.9 Å².